The molecule has 2 unspecified atom stereocenters. The van der Waals surface area contributed by atoms with E-state index in [-0.39, 0.29) is 40.9 Å². The number of nitrogens with one attached hydrogen (secondary N) is 2. The summed E-state index contributed by atoms with van der Waals surface area (Å²) in [6.45, 7) is 3.05. The van der Waals surface area contributed by atoms with Crippen LogP contribution in [0, 0.1) is 25.7 Å². The van der Waals surface area contributed by atoms with Crippen molar-refractivity contribution in [2.45, 2.75) is 44.4 Å². The van der Waals surface area contributed by atoms with Crippen molar-refractivity contribution in [2.75, 3.05) is 16.6 Å². The molecule has 1 saturated carbocycles. The zero-order valence-electron chi connectivity index (χ0n) is 18.4. The Balaban J connectivity index is 1.39. The number of aromatic nitrogens is 2. The van der Waals surface area contributed by atoms with Crippen LogP contribution in [0.3, 0.4) is 0 Å². The molecule has 2 aromatic rings. The number of hydrogen-bond acceptors (Lipinski definition) is 7. The van der Waals surface area contributed by atoms with Gasteiger partial charge in [0.1, 0.15) is 18.2 Å². The van der Waals surface area contributed by atoms with Gasteiger partial charge in [-0.3, -0.25) is 24.0 Å². The van der Waals surface area contributed by atoms with Gasteiger partial charge in [0.2, 0.25) is 17.7 Å². The second-order valence-electron chi connectivity index (χ2n) is 8.38. The third-order valence-electron chi connectivity index (χ3n) is 5.89. The summed E-state index contributed by atoms with van der Waals surface area (Å²) in [5.41, 5.74) is 0.983. The number of imide groups is 1. The lowest BCUT2D eigenvalue weighted by atomic mass is 9.81. The minimum atomic E-state index is -3.89. The summed E-state index contributed by atoms with van der Waals surface area (Å²) >= 11 is 0. The lowest BCUT2D eigenvalue weighted by molar-refractivity contribution is -0.142. The number of amides is 3. The molecular weight excluding hydrogens is 446 g/mol. The molecule has 1 aromatic carbocycles. The van der Waals surface area contributed by atoms with Crippen LogP contribution in [0.15, 0.2) is 35.2 Å². The summed E-state index contributed by atoms with van der Waals surface area (Å²) in [6.07, 6.45) is 3.21. The Kier molecular flexibility index (Phi) is 6.15. The molecule has 3 amide bonds. The van der Waals surface area contributed by atoms with Gasteiger partial charge in [0.05, 0.1) is 16.7 Å². The zero-order valence-corrected chi connectivity index (χ0v) is 19.2. The van der Waals surface area contributed by atoms with E-state index in [2.05, 4.69) is 20.0 Å². The number of nitrogens with zero attached hydrogens (tertiary/aromatic N) is 3. The van der Waals surface area contributed by atoms with Gasteiger partial charge in [-0.2, -0.15) is 0 Å². The fraction of sp³-hybridized carbons (Fsp3) is 0.409. The number of rotatable bonds is 6. The van der Waals surface area contributed by atoms with Crippen molar-refractivity contribution in [2.24, 2.45) is 11.8 Å². The Bertz CT molecular complexity index is 1170. The van der Waals surface area contributed by atoms with Gasteiger partial charge in [0.15, 0.2) is 0 Å². The number of hydrogen-bond donors (Lipinski definition) is 2. The van der Waals surface area contributed by atoms with Gasteiger partial charge in [-0.15, -0.1) is 0 Å². The number of sulfonamides is 1. The van der Waals surface area contributed by atoms with E-state index in [4.69, 9.17) is 0 Å². The Hall–Kier alpha value is -3.34. The molecule has 2 heterocycles. The first kappa shape index (κ1) is 22.8. The van der Waals surface area contributed by atoms with E-state index in [1.54, 1.807) is 13.8 Å². The Labute approximate surface area is 191 Å². The van der Waals surface area contributed by atoms with Gasteiger partial charge < -0.3 is 5.32 Å². The van der Waals surface area contributed by atoms with Crippen molar-refractivity contribution in [3.8, 4) is 0 Å². The van der Waals surface area contributed by atoms with Crippen LogP contribution in [0.2, 0.25) is 0 Å². The number of benzene rings is 1. The second-order valence-corrected chi connectivity index (χ2v) is 10.1. The van der Waals surface area contributed by atoms with Gasteiger partial charge in [0.25, 0.3) is 10.0 Å². The number of carbonyl (C=O) groups excluding carboxylic acids is 3. The summed E-state index contributed by atoms with van der Waals surface area (Å²) in [6, 6.07) is 7.10. The quantitative estimate of drug-likeness (QED) is 0.615. The molecule has 0 bridgehead atoms. The standard InChI is InChI=1S/C22H25N5O5S/c1-13-11-19(24-14(2)23-13)26-33(31,32)16-9-7-15(8-10-16)25-20(28)12-27-21(29)17-5-3-4-6-18(17)22(27)30/h7-11,17-18H,3-6,12H2,1-2H3,(H,25,28)(H,23,24,26). The Morgan fingerprint density at radius 1 is 1.03 bits per heavy atom. The maximum absolute atomic E-state index is 12.6. The third-order valence-corrected chi connectivity index (χ3v) is 7.26. The molecule has 11 heteroatoms. The highest BCUT2D eigenvalue weighted by atomic mass is 32.2. The average Bonchev–Trinajstić information content (AvgIpc) is 2.98. The highest BCUT2D eigenvalue weighted by Crippen LogP contribution is 2.37. The van der Waals surface area contributed by atoms with Crippen LogP contribution in [-0.4, -0.2) is 47.6 Å². The monoisotopic (exact) mass is 471 g/mol. The smallest absolute Gasteiger partial charge is 0.263 e. The van der Waals surface area contributed by atoms with Gasteiger partial charge in [-0.05, 0) is 51.0 Å². The van der Waals surface area contributed by atoms with Crippen molar-refractivity contribution in [1.29, 1.82) is 0 Å². The number of likely N-dealkylation sites (tertiary alicyclic amines) is 1. The molecule has 1 aromatic heterocycles. The second kappa shape index (κ2) is 8.89. The Morgan fingerprint density at radius 2 is 1.64 bits per heavy atom. The largest absolute Gasteiger partial charge is 0.325 e. The van der Waals surface area contributed by atoms with Crippen LogP contribution in [0.25, 0.3) is 0 Å². The first-order valence-corrected chi connectivity index (χ1v) is 12.2. The Morgan fingerprint density at radius 3 is 2.21 bits per heavy atom. The molecular formula is C22H25N5O5S. The zero-order chi connectivity index (χ0) is 23.8. The summed E-state index contributed by atoms with van der Waals surface area (Å²) < 4.78 is 27.7. The molecule has 2 N–H and O–H groups in total. The van der Waals surface area contributed by atoms with E-state index in [0.29, 0.717) is 30.0 Å². The molecule has 0 radical (unpaired) electrons. The highest BCUT2D eigenvalue weighted by Gasteiger charge is 2.48. The average molecular weight is 472 g/mol. The summed E-state index contributed by atoms with van der Waals surface area (Å²) in [7, 11) is -3.89. The molecule has 174 valence electrons. The van der Waals surface area contributed by atoms with Gasteiger partial charge in [-0.1, -0.05) is 12.8 Å². The van der Waals surface area contributed by atoms with E-state index in [0.717, 1.165) is 17.7 Å². The lowest BCUT2D eigenvalue weighted by Gasteiger charge is -2.19. The minimum absolute atomic E-state index is 0.0107. The molecule has 1 aliphatic carbocycles. The van der Waals surface area contributed by atoms with Crippen molar-refractivity contribution < 1.29 is 22.8 Å². The predicted molar refractivity (Wildman–Crippen MR) is 120 cm³/mol. The first-order chi connectivity index (χ1) is 15.6. The fourth-order valence-electron chi connectivity index (χ4n) is 4.41. The number of carbonyl (C=O) groups is 3. The minimum Gasteiger partial charge on any atom is -0.325 e. The molecule has 10 nitrogen and oxygen atoms in total. The molecule has 2 aliphatic rings. The number of anilines is 2. The van der Waals surface area contributed by atoms with Crippen molar-refractivity contribution >= 4 is 39.3 Å². The van der Waals surface area contributed by atoms with Crippen LogP contribution in [0.1, 0.15) is 37.2 Å². The van der Waals surface area contributed by atoms with E-state index in [1.807, 2.05) is 0 Å². The van der Waals surface area contributed by atoms with Gasteiger partial charge >= 0.3 is 0 Å². The summed E-state index contributed by atoms with van der Waals surface area (Å²) in [4.78, 5) is 46.7. The summed E-state index contributed by atoms with van der Waals surface area (Å²) in [5.74, 6) is -1.07. The van der Waals surface area contributed by atoms with Crippen LogP contribution >= 0.6 is 0 Å². The SMILES string of the molecule is Cc1cc(NS(=O)(=O)c2ccc(NC(=O)CN3C(=O)C4CCCCC4C3=O)cc2)nc(C)n1. The first-order valence-electron chi connectivity index (χ1n) is 10.7. The molecule has 33 heavy (non-hydrogen) atoms. The van der Waals surface area contributed by atoms with Crippen LogP contribution in [0.4, 0.5) is 11.5 Å². The number of fused-ring (bicyclic) bond motifs is 1. The van der Waals surface area contributed by atoms with Crippen LogP contribution in [-0.2, 0) is 24.4 Å². The molecule has 2 fully saturated rings. The molecule has 2 atom stereocenters. The van der Waals surface area contributed by atoms with E-state index >= 15 is 0 Å². The van der Waals surface area contributed by atoms with Gasteiger partial charge in [-0.25, -0.2) is 18.4 Å². The molecule has 1 aliphatic heterocycles. The normalized spacial score (nSPS) is 20.5. The van der Waals surface area contributed by atoms with Crippen molar-refractivity contribution in [1.82, 2.24) is 14.9 Å². The predicted octanol–water partition coefficient (Wildman–Crippen LogP) is 2.01. The third kappa shape index (κ3) is 4.87. The van der Waals surface area contributed by atoms with Crippen molar-refractivity contribution in [3.05, 3.63) is 41.9 Å². The topological polar surface area (TPSA) is 138 Å². The number of aryl methyl sites for hydroxylation is 2. The molecule has 4 rings (SSSR count). The highest BCUT2D eigenvalue weighted by molar-refractivity contribution is 7.92. The lowest BCUT2D eigenvalue weighted by Crippen LogP contribution is -2.38. The summed E-state index contributed by atoms with van der Waals surface area (Å²) in [5, 5.41) is 2.61. The van der Waals surface area contributed by atoms with E-state index < -0.39 is 15.9 Å². The van der Waals surface area contributed by atoms with E-state index in [9.17, 15) is 22.8 Å². The van der Waals surface area contributed by atoms with Crippen molar-refractivity contribution in [3.63, 3.8) is 0 Å². The fourth-order valence-corrected chi connectivity index (χ4v) is 5.41. The maximum Gasteiger partial charge on any atom is 0.263 e. The van der Waals surface area contributed by atoms with Crippen LogP contribution < -0.4 is 10.0 Å². The van der Waals surface area contributed by atoms with Crippen LogP contribution in [0.5, 0.6) is 0 Å². The van der Waals surface area contributed by atoms with Gasteiger partial charge in [0, 0.05) is 17.4 Å². The van der Waals surface area contributed by atoms with E-state index in [1.165, 1.54) is 30.3 Å². The molecule has 0 spiro atoms. The molecule has 1 saturated heterocycles. The maximum atomic E-state index is 12.6.